The Bertz CT molecular complexity index is 759. The predicted molar refractivity (Wildman–Crippen MR) is 101 cm³/mol. The molecule has 3 aromatic rings. The number of hydrogen-bond acceptors (Lipinski definition) is 3. The van der Waals surface area contributed by atoms with Crippen LogP contribution in [0, 0.1) is 0 Å². The van der Waals surface area contributed by atoms with Gasteiger partial charge < -0.3 is 9.47 Å². The van der Waals surface area contributed by atoms with Crippen molar-refractivity contribution in [3.05, 3.63) is 54.6 Å². The number of fused-ring (bicyclic) bond motifs is 1. The Kier molecular flexibility index (Phi) is 6.62. The Morgan fingerprint density at radius 1 is 0.792 bits per heavy atom. The largest absolute Gasteiger partial charge is 0.494 e. The molecule has 3 rings (SSSR count). The minimum absolute atomic E-state index is 0.625. The summed E-state index contributed by atoms with van der Waals surface area (Å²) in [7, 11) is 0. The second-order valence-electron chi connectivity index (χ2n) is 4.95. The zero-order chi connectivity index (χ0) is 17.4. The van der Waals surface area contributed by atoms with Crippen molar-refractivity contribution in [2.24, 2.45) is 0 Å². The Morgan fingerprint density at radius 2 is 1.42 bits per heavy atom. The van der Waals surface area contributed by atoms with Crippen LogP contribution in [0.1, 0.15) is 27.7 Å². The molecule has 0 fully saturated rings. The normalized spacial score (nSPS) is 10.0. The maximum absolute atomic E-state index is 5.63. The first-order valence-corrected chi connectivity index (χ1v) is 8.57. The second-order valence-corrected chi connectivity index (χ2v) is 4.95. The van der Waals surface area contributed by atoms with Crippen LogP contribution >= 0.6 is 0 Å². The van der Waals surface area contributed by atoms with Gasteiger partial charge in [-0.2, -0.15) is 0 Å². The molecular weight excluding hydrogens is 298 g/mol. The van der Waals surface area contributed by atoms with Gasteiger partial charge in [0.05, 0.1) is 24.4 Å². The molecule has 3 heteroatoms. The molecule has 0 spiro atoms. The molecule has 0 aliphatic heterocycles. The average Bonchev–Trinajstić information content (AvgIpc) is 2.63. The lowest BCUT2D eigenvalue weighted by Crippen LogP contribution is -1.96. The number of aromatic nitrogens is 1. The minimum Gasteiger partial charge on any atom is -0.494 e. The summed E-state index contributed by atoms with van der Waals surface area (Å²) < 4.78 is 11.3. The maximum Gasteiger partial charge on any atom is 0.123 e. The lowest BCUT2D eigenvalue weighted by Gasteiger charge is -2.11. The van der Waals surface area contributed by atoms with E-state index in [-0.39, 0.29) is 0 Å². The fraction of sp³-hybridized carbons (Fsp3) is 0.286. The number of nitrogens with zero attached hydrogens (tertiary/aromatic N) is 1. The molecule has 3 nitrogen and oxygen atoms in total. The van der Waals surface area contributed by atoms with Crippen LogP contribution < -0.4 is 9.47 Å². The third kappa shape index (κ3) is 4.25. The number of para-hydroxylation sites is 1. The first-order chi connectivity index (χ1) is 11.8. The van der Waals surface area contributed by atoms with Crippen LogP contribution in [0.25, 0.3) is 22.2 Å². The van der Waals surface area contributed by atoms with Gasteiger partial charge in [-0.15, -0.1) is 0 Å². The van der Waals surface area contributed by atoms with Crippen LogP contribution in [-0.2, 0) is 0 Å². The van der Waals surface area contributed by atoms with Crippen LogP contribution in [-0.4, -0.2) is 18.2 Å². The second kappa shape index (κ2) is 8.92. The van der Waals surface area contributed by atoms with Crippen LogP contribution in [0.15, 0.2) is 54.6 Å². The van der Waals surface area contributed by atoms with Gasteiger partial charge in [-0.05, 0) is 38.1 Å². The van der Waals surface area contributed by atoms with E-state index in [9.17, 15) is 0 Å². The third-order valence-corrected chi connectivity index (χ3v) is 3.40. The van der Waals surface area contributed by atoms with Gasteiger partial charge >= 0.3 is 0 Å². The topological polar surface area (TPSA) is 31.4 Å². The molecule has 0 saturated heterocycles. The van der Waals surface area contributed by atoms with Crippen molar-refractivity contribution in [3.8, 4) is 22.8 Å². The fourth-order valence-electron chi connectivity index (χ4n) is 2.45. The van der Waals surface area contributed by atoms with Crippen molar-refractivity contribution in [3.63, 3.8) is 0 Å². The van der Waals surface area contributed by atoms with Crippen LogP contribution in [0.4, 0.5) is 0 Å². The molecule has 24 heavy (non-hydrogen) atoms. The van der Waals surface area contributed by atoms with Crippen molar-refractivity contribution < 1.29 is 9.47 Å². The summed E-state index contributed by atoms with van der Waals surface area (Å²) in [5.74, 6) is 1.61. The molecule has 0 N–H and O–H groups in total. The van der Waals surface area contributed by atoms with Crippen LogP contribution in [0.5, 0.6) is 11.5 Å². The molecule has 0 radical (unpaired) electrons. The molecule has 0 bridgehead atoms. The molecule has 0 aliphatic rings. The molecule has 126 valence electrons. The van der Waals surface area contributed by atoms with E-state index in [1.165, 1.54) is 0 Å². The van der Waals surface area contributed by atoms with Gasteiger partial charge in [0.2, 0.25) is 0 Å². The van der Waals surface area contributed by atoms with E-state index in [2.05, 4.69) is 12.1 Å². The smallest absolute Gasteiger partial charge is 0.123 e. The molecule has 1 aromatic heterocycles. The van der Waals surface area contributed by atoms with Crippen molar-refractivity contribution in [1.29, 1.82) is 0 Å². The van der Waals surface area contributed by atoms with Gasteiger partial charge in [-0.1, -0.05) is 38.1 Å². The van der Waals surface area contributed by atoms with Crippen molar-refractivity contribution in [2.75, 3.05) is 13.2 Å². The molecule has 1 heterocycles. The van der Waals surface area contributed by atoms with Gasteiger partial charge in [0, 0.05) is 17.0 Å². The summed E-state index contributed by atoms with van der Waals surface area (Å²) in [5.41, 5.74) is 2.90. The highest BCUT2D eigenvalue weighted by Gasteiger charge is 2.07. The lowest BCUT2D eigenvalue weighted by molar-refractivity contribution is 0.323. The fourth-order valence-corrected chi connectivity index (χ4v) is 2.45. The number of rotatable bonds is 5. The van der Waals surface area contributed by atoms with E-state index in [0.29, 0.717) is 13.2 Å². The van der Waals surface area contributed by atoms with Gasteiger partial charge in [0.25, 0.3) is 0 Å². The van der Waals surface area contributed by atoms with Crippen LogP contribution in [0.2, 0.25) is 0 Å². The quantitative estimate of drug-likeness (QED) is 0.601. The summed E-state index contributed by atoms with van der Waals surface area (Å²) in [6, 6.07) is 18.1. The van der Waals surface area contributed by atoms with Crippen molar-refractivity contribution in [2.45, 2.75) is 27.7 Å². The Morgan fingerprint density at radius 3 is 2.04 bits per heavy atom. The van der Waals surface area contributed by atoms with E-state index in [1.54, 1.807) is 0 Å². The maximum atomic E-state index is 5.63. The highest BCUT2D eigenvalue weighted by atomic mass is 16.5. The van der Waals surface area contributed by atoms with E-state index in [1.807, 2.05) is 70.2 Å². The average molecular weight is 323 g/mol. The van der Waals surface area contributed by atoms with Crippen LogP contribution in [0.3, 0.4) is 0 Å². The molecule has 2 aromatic carbocycles. The number of hydrogen-bond donors (Lipinski definition) is 0. The zero-order valence-electron chi connectivity index (χ0n) is 14.9. The summed E-state index contributed by atoms with van der Waals surface area (Å²) in [4.78, 5) is 4.74. The summed E-state index contributed by atoms with van der Waals surface area (Å²) in [6.45, 7) is 9.20. The van der Waals surface area contributed by atoms with Crippen molar-refractivity contribution in [1.82, 2.24) is 4.98 Å². The Balaban J connectivity index is 0.00000100. The van der Waals surface area contributed by atoms with Gasteiger partial charge in [-0.25, -0.2) is 4.98 Å². The number of pyridine rings is 1. The highest BCUT2D eigenvalue weighted by Crippen LogP contribution is 2.30. The first-order valence-electron chi connectivity index (χ1n) is 8.57. The molecule has 0 unspecified atom stereocenters. The summed E-state index contributed by atoms with van der Waals surface area (Å²) >= 11 is 0. The standard InChI is InChI=1S/C19H19NO2.C2H6/c1-3-21-16-11-15(12-17(13-16)22-4-2)19-10-9-14-7-5-6-8-18(14)20-19;1-2/h5-13H,3-4H2,1-2H3;1-2H3. The molecule has 0 saturated carbocycles. The highest BCUT2D eigenvalue weighted by molar-refractivity contribution is 5.81. The molecule has 0 aliphatic carbocycles. The number of ether oxygens (including phenoxy) is 2. The SMILES string of the molecule is CC.CCOc1cc(OCC)cc(-c2ccc3ccccc3n2)c1. The molecule has 0 amide bonds. The van der Waals surface area contributed by atoms with E-state index in [0.717, 1.165) is 33.7 Å². The summed E-state index contributed by atoms with van der Waals surface area (Å²) in [5, 5.41) is 1.14. The Labute approximate surface area is 144 Å². The van der Waals surface area contributed by atoms with Crippen molar-refractivity contribution >= 4 is 10.9 Å². The number of benzene rings is 2. The predicted octanol–water partition coefficient (Wildman–Crippen LogP) is 5.73. The van der Waals surface area contributed by atoms with Gasteiger partial charge in [0.15, 0.2) is 0 Å². The van der Waals surface area contributed by atoms with E-state index < -0.39 is 0 Å². The third-order valence-electron chi connectivity index (χ3n) is 3.40. The monoisotopic (exact) mass is 323 g/mol. The minimum atomic E-state index is 0.625. The summed E-state index contributed by atoms with van der Waals surface area (Å²) in [6.07, 6.45) is 0. The molecule has 0 atom stereocenters. The Hall–Kier alpha value is -2.55. The van der Waals surface area contributed by atoms with Gasteiger partial charge in [-0.3, -0.25) is 0 Å². The first kappa shape index (κ1) is 17.8. The molecular formula is C21H25NO2. The van der Waals surface area contributed by atoms with Gasteiger partial charge in [0.1, 0.15) is 11.5 Å². The van der Waals surface area contributed by atoms with E-state index >= 15 is 0 Å². The lowest BCUT2D eigenvalue weighted by atomic mass is 10.1. The van der Waals surface area contributed by atoms with E-state index in [4.69, 9.17) is 14.5 Å². The zero-order valence-corrected chi connectivity index (χ0v) is 14.9.